The van der Waals surface area contributed by atoms with Crippen molar-refractivity contribution in [2.75, 3.05) is 20.6 Å². The number of rotatable bonds is 8. The van der Waals surface area contributed by atoms with Crippen LogP contribution in [0.3, 0.4) is 0 Å². The van der Waals surface area contributed by atoms with Crippen molar-refractivity contribution >= 4 is 11.7 Å². The number of hydrogen-bond donors (Lipinski definition) is 3. The van der Waals surface area contributed by atoms with Crippen LogP contribution in [-0.4, -0.2) is 44.5 Å². The number of guanidine groups is 1. The van der Waals surface area contributed by atoms with Crippen molar-refractivity contribution in [2.45, 2.75) is 52.6 Å². The lowest BCUT2D eigenvalue weighted by Gasteiger charge is -2.22. The van der Waals surface area contributed by atoms with E-state index in [4.69, 9.17) is 0 Å². The van der Waals surface area contributed by atoms with Crippen LogP contribution in [0.1, 0.15) is 40.5 Å². The molecule has 112 valence electrons. The molecular weight excluding hydrogens is 240 g/mol. The Morgan fingerprint density at radius 3 is 2.26 bits per heavy atom. The molecule has 1 atom stereocenters. The Labute approximate surface area is 117 Å². The van der Waals surface area contributed by atoms with Crippen LogP contribution in [-0.2, 0) is 4.79 Å². The highest BCUT2D eigenvalue weighted by Gasteiger charge is 2.21. The highest BCUT2D eigenvalue weighted by Crippen LogP contribution is 2.06. The van der Waals surface area contributed by atoms with Crippen molar-refractivity contribution < 1.29 is 4.79 Å². The van der Waals surface area contributed by atoms with Crippen molar-refractivity contribution in [1.82, 2.24) is 16.0 Å². The first-order valence-corrected chi connectivity index (χ1v) is 7.10. The average molecular weight is 270 g/mol. The third-order valence-electron chi connectivity index (χ3n) is 2.87. The Morgan fingerprint density at radius 1 is 1.21 bits per heavy atom. The number of nitrogens with one attached hydrogen (secondary N) is 3. The van der Waals surface area contributed by atoms with Crippen LogP contribution in [0, 0.1) is 5.92 Å². The van der Waals surface area contributed by atoms with Gasteiger partial charge in [0.2, 0.25) is 0 Å². The second-order valence-corrected chi connectivity index (χ2v) is 5.32. The Balaban J connectivity index is 4.16. The van der Waals surface area contributed by atoms with Crippen molar-refractivity contribution in [3.05, 3.63) is 0 Å². The van der Waals surface area contributed by atoms with Crippen LogP contribution in [0.15, 0.2) is 4.99 Å². The highest BCUT2D eigenvalue weighted by molar-refractivity contribution is 5.85. The quantitative estimate of drug-likeness (QED) is 0.352. The minimum Gasteiger partial charge on any atom is -0.359 e. The minimum atomic E-state index is -0.0431. The Morgan fingerprint density at radius 2 is 1.84 bits per heavy atom. The number of carbonyl (C=O) groups is 1. The SMILES string of the molecule is CN=C(NC)NCCC[C@@H](NC(C)C)C(=O)C(C)C. The molecule has 3 N–H and O–H groups in total. The van der Waals surface area contributed by atoms with E-state index < -0.39 is 0 Å². The van der Waals surface area contributed by atoms with Gasteiger partial charge in [0.05, 0.1) is 6.04 Å². The van der Waals surface area contributed by atoms with Gasteiger partial charge in [-0.3, -0.25) is 9.79 Å². The van der Waals surface area contributed by atoms with E-state index in [1.165, 1.54) is 0 Å². The fourth-order valence-corrected chi connectivity index (χ4v) is 1.90. The molecule has 19 heavy (non-hydrogen) atoms. The van der Waals surface area contributed by atoms with Crippen molar-refractivity contribution in [3.63, 3.8) is 0 Å². The van der Waals surface area contributed by atoms with Gasteiger partial charge in [0.1, 0.15) is 0 Å². The molecule has 0 heterocycles. The van der Waals surface area contributed by atoms with Crippen LogP contribution in [0.2, 0.25) is 0 Å². The van der Waals surface area contributed by atoms with E-state index in [-0.39, 0.29) is 12.0 Å². The van der Waals surface area contributed by atoms with E-state index in [0.29, 0.717) is 11.8 Å². The Bertz CT molecular complexity index is 287. The maximum atomic E-state index is 12.1. The molecule has 5 nitrogen and oxygen atoms in total. The second kappa shape index (κ2) is 9.78. The van der Waals surface area contributed by atoms with Gasteiger partial charge in [-0.1, -0.05) is 27.7 Å². The molecule has 0 aromatic heterocycles. The summed E-state index contributed by atoms with van der Waals surface area (Å²) in [5.74, 6) is 1.16. The van der Waals surface area contributed by atoms with Crippen LogP contribution in [0.5, 0.6) is 0 Å². The van der Waals surface area contributed by atoms with Gasteiger partial charge < -0.3 is 16.0 Å². The maximum Gasteiger partial charge on any atom is 0.190 e. The largest absolute Gasteiger partial charge is 0.359 e. The summed E-state index contributed by atoms with van der Waals surface area (Å²) in [5.41, 5.74) is 0. The molecule has 0 saturated carbocycles. The van der Waals surface area contributed by atoms with Gasteiger partial charge >= 0.3 is 0 Å². The summed E-state index contributed by atoms with van der Waals surface area (Å²) >= 11 is 0. The van der Waals surface area contributed by atoms with Crippen molar-refractivity contribution in [3.8, 4) is 0 Å². The molecule has 0 aliphatic carbocycles. The molecule has 0 bridgehead atoms. The molecule has 0 radical (unpaired) electrons. The van der Waals surface area contributed by atoms with Gasteiger partial charge in [-0.2, -0.15) is 0 Å². The monoisotopic (exact) mass is 270 g/mol. The first-order valence-electron chi connectivity index (χ1n) is 7.10. The molecule has 0 aliphatic heterocycles. The Kier molecular flexibility index (Phi) is 9.21. The predicted molar refractivity (Wildman–Crippen MR) is 81.6 cm³/mol. The number of ketones is 1. The standard InChI is InChI=1S/C14H30N4O/c1-10(2)13(19)12(18-11(3)4)8-7-9-17-14(15-5)16-6/h10-12,18H,7-9H2,1-6H3,(H2,15,16,17)/t12-/m1/s1. The van der Waals surface area contributed by atoms with Crippen LogP contribution >= 0.6 is 0 Å². The molecule has 0 saturated heterocycles. The first-order chi connectivity index (χ1) is 8.92. The summed E-state index contributed by atoms with van der Waals surface area (Å²) in [6, 6.07) is 0.282. The molecule has 5 heteroatoms. The second-order valence-electron chi connectivity index (χ2n) is 5.32. The van der Waals surface area contributed by atoms with Gasteiger partial charge in [-0.15, -0.1) is 0 Å². The lowest BCUT2D eigenvalue weighted by Crippen LogP contribution is -2.43. The minimum absolute atomic E-state index is 0.0431. The van der Waals surface area contributed by atoms with Crippen molar-refractivity contribution in [1.29, 1.82) is 0 Å². The third-order valence-corrected chi connectivity index (χ3v) is 2.87. The number of carbonyl (C=O) groups excluding carboxylic acids is 1. The smallest absolute Gasteiger partial charge is 0.190 e. The van der Waals surface area contributed by atoms with E-state index in [2.05, 4.69) is 34.8 Å². The fraction of sp³-hybridized carbons (Fsp3) is 0.857. The zero-order valence-corrected chi connectivity index (χ0v) is 13.2. The molecule has 0 spiro atoms. The van der Waals surface area contributed by atoms with E-state index in [0.717, 1.165) is 25.3 Å². The van der Waals surface area contributed by atoms with Crippen LogP contribution in [0.25, 0.3) is 0 Å². The fourth-order valence-electron chi connectivity index (χ4n) is 1.90. The van der Waals surface area contributed by atoms with E-state index in [1.807, 2.05) is 20.9 Å². The number of aliphatic imine (C=N–C) groups is 1. The van der Waals surface area contributed by atoms with E-state index in [1.54, 1.807) is 7.05 Å². The summed E-state index contributed by atoms with van der Waals surface area (Å²) in [7, 11) is 3.57. The molecule has 0 aromatic carbocycles. The van der Waals surface area contributed by atoms with Gasteiger partial charge in [0.25, 0.3) is 0 Å². The summed E-state index contributed by atoms with van der Waals surface area (Å²) in [6.45, 7) is 8.87. The normalized spacial score (nSPS) is 13.8. The molecule has 0 aliphatic rings. The molecule has 0 amide bonds. The Hall–Kier alpha value is -1.10. The maximum absolute atomic E-state index is 12.1. The van der Waals surface area contributed by atoms with Gasteiger partial charge in [0, 0.05) is 32.6 Å². The van der Waals surface area contributed by atoms with Crippen LogP contribution in [0.4, 0.5) is 0 Å². The van der Waals surface area contributed by atoms with E-state index >= 15 is 0 Å². The number of nitrogens with zero attached hydrogens (tertiary/aromatic N) is 1. The van der Waals surface area contributed by atoms with Crippen molar-refractivity contribution in [2.24, 2.45) is 10.9 Å². The zero-order chi connectivity index (χ0) is 14.8. The molecule has 0 aromatic rings. The predicted octanol–water partition coefficient (Wildman–Crippen LogP) is 1.15. The van der Waals surface area contributed by atoms with Gasteiger partial charge in [0.15, 0.2) is 11.7 Å². The lowest BCUT2D eigenvalue weighted by molar-refractivity contribution is -0.124. The number of hydrogen-bond acceptors (Lipinski definition) is 3. The van der Waals surface area contributed by atoms with E-state index in [9.17, 15) is 4.79 Å². The zero-order valence-electron chi connectivity index (χ0n) is 13.2. The summed E-state index contributed by atoms with van der Waals surface area (Å²) in [5, 5.41) is 9.52. The molecular formula is C14H30N4O. The van der Waals surface area contributed by atoms with Gasteiger partial charge in [-0.25, -0.2) is 0 Å². The third kappa shape index (κ3) is 7.82. The highest BCUT2D eigenvalue weighted by atomic mass is 16.1. The lowest BCUT2D eigenvalue weighted by atomic mass is 9.97. The molecule has 0 rings (SSSR count). The summed E-state index contributed by atoms with van der Waals surface area (Å²) < 4.78 is 0. The molecule has 0 fully saturated rings. The first kappa shape index (κ1) is 17.9. The molecule has 0 unspecified atom stereocenters. The van der Waals surface area contributed by atoms with Gasteiger partial charge in [-0.05, 0) is 12.8 Å². The van der Waals surface area contributed by atoms with Crippen LogP contribution < -0.4 is 16.0 Å². The topological polar surface area (TPSA) is 65.5 Å². The number of Topliss-reactive ketones (excluding diaryl/α,β-unsaturated/α-hetero) is 1. The summed E-state index contributed by atoms with van der Waals surface area (Å²) in [6.07, 6.45) is 1.78. The summed E-state index contributed by atoms with van der Waals surface area (Å²) in [4.78, 5) is 16.1. The average Bonchev–Trinajstić information content (AvgIpc) is 2.36.